The molecule has 0 bridgehead atoms. The molecule has 4 heterocycles. The monoisotopic (exact) mass is 741 g/mol. The average Bonchev–Trinajstić information content (AvgIpc) is 3.86. The van der Waals surface area contributed by atoms with Gasteiger partial charge in [0, 0.05) is 55.5 Å². The van der Waals surface area contributed by atoms with Gasteiger partial charge in [0.15, 0.2) is 17.5 Å². The lowest BCUT2D eigenvalue weighted by molar-refractivity contribution is 0.789. The van der Waals surface area contributed by atoms with E-state index in [2.05, 4.69) is 143 Å². The van der Waals surface area contributed by atoms with Crippen LogP contribution in [0.4, 0.5) is 0 Å². The zero-order valence-electron chi connectivity index (χ0n) is 31.5. The number of aromatic nitrogens is 5. The van der Waals surface area contributed by atoms with Crippen molar-refractivity contribution >= 4 is 33.5 Å². The third-order valence-electron chi connectivity index (χ3n) is 11.9. The van der Waals surface area contributed by atoms with Gasteiger partial charge in [-0.1, -0.05) is 152 Å². The first-order chi connectivity index (χ1) is 28.8. The summed E-state index contributed by atoms with van der Waals surface area (Å²) in [5.41, 5.74) is 13.9. The van der Waals surface area contributed by atoms with E-state index in [1.165, 1.54) is 54.9 Å². The van der Waals surface area contributed by atoms with Crippen LogP contribution in [-0.4, -0.2) is 24.1 Å². The second kappa shape index (κ2) is 13.0. The van der Waals surface area contributed by atoms with E-state index in [9.17, 15) is 0 Å². The zero-order chi connectivity index (χ0) is 38.2. The van der Waals surface area contributed by atoms with E-state index in [1.807, 2.05) is 60.7 Å². The predicted molar refractivity (Wildman–Crippen MR) is 235 cm³/mol. The average molecular weight is 742 g/mol. The molecule has 10 aromatic rings. The molecule has 3 aromatic heterocycles. The molecule has 0 saturated heterocycles. The minimum Gasteiger partial charge on any atom is -0.312 e. The summed E-state index contributed by atoms with van der Waals surface area (Å²) in [7, 11) is 0. The van der Waals surface area contributed by atoms with Gasteiger partial charge in [-0.05, 0) is 65.6 Å². The Bertz CT molecular complexity index is 3320. The Hall–Kier alpha value is -7.63. The molecular weight excluding hydrogens is 707 g/mol. The molecule has 1 atom stereocenters. The van der Waals surface area contributed by atoms with Crippen LogP contribution in [0.1, 0.15) is 23.6 Å². The number of fused-ring (bicyclic) bond motifs is 11. The molecule has 5 heteroatoms. The molecule has 58 heavy (non-hydrogen) atoms. The highest BCUT2D eigenvalue weighted by Crippen LogP contribution is 2.45. The first-order valence-corrected chi connectivity index (χ1v) is 19.9. The van der Waals surface area contributed by atoms with Crippen LogP contribution in [0.15, 0.2) is 188 Å². The van der Waals surface area contributed by atoms with E-state index in [0.29, 0.717) is 17.5 Å². The number of para-hydroxylation sites is 3. The van der Waals surface area contributed by atoms with Crippen molar-refractivity contribution in [2.75, 3.05) is 0 Å². The maximum Gasteiger partial charge on any atom is 0.164 e. The summed E-state index contributed by atoms with van der Waals surface area (Å²) in [6, 6.07) is 66.9. The van der Waals surface area contributed by atoms with E-state index < -0.39 is 0 Å². The smallest absolute Gasteiger partial charge is 0.164 e. The van der Waals surface area contributed by atoms with Gasteiger partial charge in [-0.3, -0.25) is 0 Å². The largest absolute Gasteiger partial charge is 0.312 e. The van der Waals surface area contributed by atoms with Gasteiger partial charge in [-0.2, -0.15) is 0 Å². The third kappa shape index (κ3) is 5.07. The van der Waals surface area contributed by atoms with E-state index >= 15 is 0 Å². The Morgan fingerprint density at radius 3 is 1.81 bits per heavy atom. The lowest BCUT2D eigenvalue weighted by Gasteiger charge is -2.32. The van der Waals surface area contributed by atoms with Crippen molar-refractivity contribution in [3.8, 4) is 56.7 Å². The Labute approximate surface area is 335 Å². The molecular formula is C53H35N5. The van der Waals surface area contributed by atoms with Gasteiger partial charge >= 0.3 is 0 Å². The van der Waals surface area contributed by atoms with Gasteiger partial charge < -0.3 is 9.13 Å². The molecule has 0 N–H and O–H groups in total. The van der Waals surface area contributed by atoms with Crippen LogP contribution < -0.4 is 10.6 Å². The molecule has 7 aromatic carbocycles. The van der Waals surface area contributed by atoms with Crippen LogP contribution >= 0.6 is 0 Å². The summed E-state index contributed by atoms with van der Waals surface area (Å²) in [6.45, 7) is 0. The van der Waals surface area contributed by atoms with Crippen molar-refractivity contribution in [3.63, 3.8) is 0 Å². The summed E-state index contributed by atoms with van der Waals surface area (Å²) < 4.78 is 5.01. The zero-order valence-corrected chi connectivity index (χ0v) is 31.5. The Morgan fingerprint density at radius 2 is 1.03 bits per heavy atom. The number of nitrogens with zero attached hydrogens (tertiary/aromatic N) is 5. The van der Waals surface area contributed by atoms with Crippen LogP contribution in [0.25, 0.3) is 90.1 Å². The minimum atomic E-state index is 0.222. The van der Waals surface area contributed by atoms with Crippen molar-refractivity contribution in [2.24, 2.45) is 0 Å². The fourth-order valence-corrected chi connectivity index (χ4v) is 9.31. The molecule has 272 valence electrons. The summed E-state index contributed by atoms with van der Waals surface area (Å²) in [5, 5.41) is 5.14. The van der Waals surface area contributed by atoms with Crippen molar-refractivity contribution in [2.45, 2.75) is 12.3 Å². The Kier molecular flexibility index (Phi) is 7.29. The maximum absolute atomic E-state index is 5.03. The van der Waals surface area contributed by atoms with Crippen LogP contribution in [0.3, 0.4) is 0 Å². The molecule has 0 saturated carbocycles. The highest BCUT2D eigenvalue weighted by Gasteiger charge is 2.34. The molecule has 0 spiro atoms. The van der Waals surface area contributed by atoms with E-state index in [4.69, 9.17) is 15.0 Å². The quantitative estimate of drug-likeness (QED) is 0.176. The molecule has 0 fully saturated rings. The third-order valence-corrected chi connectivity index (χ3v) is 11.9. The van der Waals surface area contributed by atoms with Crippen LogP contribution in [0, 0.1) is 0 Å². The van der Waals surface area contributed by atoms with E-state index in [0.717, 1.165) is 39.9 Å². The topological polar surface area (TPSA) is 48.5 Å². The minimum absolute atomic E-state index is 0.222. The van der Waals surface area contributed by atoms with E-state index in [1.54, 1.807) is 0 Å². The fourth-order valence-electron chi connectivity index (χ4n) is 9.31. The summed E-state index contributed by atoms with van der Waals surface area (Å²) >= 11 is 0. The molecule has 12 rings (SSSR count). The first-order valence-electron chi connectivity index (χ1n) is 19.9. The Morgan fingerprint density at radius 1 is 0.448 bits per heavy atom. The van der Waals surface area contributed by atoms with Gasteiger partial charge in [-0.15, -0.1) is 0 Å². The fraction of sp³-hybridized carbons (Fsp3) is 0.0377. The van der Waals surface area contributed by atoms with Gasteiger partial charge in [0.25, 0.3) is 0 Å². The lowest BCUT2D eigenvalue weighted by atomic mass is 9.80. The van der Waals surface area contributed by atoms with Crippen LogP contribution in [0.5, 0.6) is 0 Å². The Balaban J connectivity index is 1.04. The number of hydrogen-bond donors (Lipinski definition) is 0. The molecule has 1 aliphatic heterocycles. The van der Waals surface area contributed by atoms with Gasteiger partial charge in [0.1, 0.15) is 0 Å². The van der Waals surface area contributed by atoms with Crippen LogP contribution in [0.2, 0.25) is 0 Å². The lowest BCUT2D eigenvalue weighted by Crippen LogP contribution is -2.38. The summed E-state index contributed by atoms with van der Waals surface area (Å²) in [4.78, 5) is 15.0. The predicted octanol–water partition coefficient (Wildman–Crippen LogP) is 10.9. The summed E-state index contributed by atoms with van der Waals surface area (Å²) in [6.07, 6.45) is 3.43. The number of hydrogen-bond acceptors (Lipinski definition) is 3. The highest BCUT2D eigenvalue weighted by molar-refractivity contribution is 5.93. The first kappa shape index (κ1) is 32.6. The second-order valence-electron chi connectivity index (χ2n) is 15.2. The normalized spacial score (nSPS) is 14.1. The van der Waals surface area contributed by atoms with Gasteiger partial charge in [0.2, 0.25) is 0 Å². The van der Waals surface area contributed by atoms with Crippen molar-refractivity contribution in [1.29, 1.82) is 0 Å². The van der Waals surface area contributed by atoms with Crippen molar-refractivity contribution in [3.05, 3.63) is 210 Å². The molecule has 1 aliphatic carbocycles. The maximum atomic E-state index is 5.03. The van der Waals surface area contributed by atoms with Crippen LogP contribution in [-0.2, 0) is 0 Å². The number of benzene rings is 7. The number of rotatable bonds is 5. The highest BCUT2D eigenvalue weighted by atomic mass is 15.0. The molecule has 1 unspecified atom stereocenters. The molecule has 2 aliphatic rings. The van der Waals surface area contributed by atoms with Gasteiger partial charge in [0.05, 0.1) is 22.1 Å². The summed E-state index contributed by atoms with van der Waals surface area (Å²) in [5.74, 6) is 2.17. The second-order valence-corrected chi connectivity index (χ2v) is 15.2. The molecule has 0 amide bonds. The van der Waals surface area contributed by atoms with Gasteiger partial charge in [-0.25, -0.2) is 15.0 Å². The van der Waals surface area contributed by atoms with Crippen molar-refractivity contribution < 1.29 is 0 Å². The molecule has 0 radical (unpaired) electrons. The van der Waals surface area contributed by atoms with E-state index in [-0.39, 0.29) is 5.92 Å². The standard InChI is InChI=1S/C53H35N5/c1-3-15-34(16-4-1)51-54-52(35-17-5-2-6-18-35)56-53(55-51)39-22-13-20-36(31-39)37-21-14-23-40(32-37)57-46-27-11-8-24-41(46)42-29-30-44-48-33-38-19-7-10-26-45(38)58(48)47-28-12-9-25-43(47)49(44)50(42)57/h1-29,31-33,44H,30H2. The molecule has 5 nitrogen and oxygen atoms in total. The SMILES string of the molecule is C1=c2c(n(-c3cccc(-c4cccc(-c5nc(-c6ccccc6)nc(-c6ccccc6)n5)c4)c3)c3ccccc23)=C2c3ccccc3-n3c(cc4ccccc43)C2C1. The van der Waals surface area contributed by atoms with Crippen molar-refractivity contribution in [1.82, 2.24) is 24.1 Å².